The van der Waals surface area contributed by atoms with E-state index in [2.05, 4.69) is 10.3 Å². The lowest BCUT2D eigenvalue weighted by atomic mass is 10.0. The zero-order chi connectivity index (χ0) is 20.6. The maximum absolute atomic E-state index is 12.3. The van der Waals surface area contributed by atoms with Crippen molar-refractivity contribution in [2.24, 2.45) is 5.73 Å². The van der Waals surface area contributed by atoms with Crippen molar-refractivity contribution >= 4 is 11.9 Å². The summed E-state index contributed by atoms with van der Waals surface area (Å²) in [6.45, 7) is 0.497. The number of rotatable bonds is 8. The highest BCUT2D eigenvalue weighted by molar-refractivity contribution is 5.94. The number of benzene rings is 2. The second-order valence-electron chi connectivity index (χ2n) is 6.77. The van der Waals surface area contributed by atoms with Crippen LogP contribution in [0.25, 0.3) is 11.3 Å². The molecule has 4 N–H and O–H groups in total. The van der Waals surface area contributed by atoms with E-state index in [-0.39, 0.29) is 12.3 Å². The van der Waals surface area contributed by atoms with Gasteiger partial charge in [-0.25, -0.2) is 0 Å². The minimum atomic E-state index is -1.04. The van der Waals surface area contributed by atoms with E-state index < -0.39 is 12.0 Å². The highest BCUT2D eigenvalue weighted by atomic mass is 16.4. The molecule has 0 aliphatic heterocycles. The Kier molecular flexibility index (Phi) is 6.71. The van der Waals surface area contributed by atoms with E-state index >= 15 is 0 Å². The van der Waals surface area contributed by atoms with Gasteiger partial charge in [-0.15, -0.1) is 0 Å². The molecule has 3 aromatic rings. The highest BCUT2D eigenvalue weighted by Crippen LogP contribution is 2.16. The average Bonchev–Trinajstić information content (AvgIpc) is 2.75. The first-order valence-corrected chi connectivity index (χ1v) is 9.39. The third-order valence-electron chi connectivity index (χ3n) is 4.58. The van der Waals surface area contributed by atoms with Crippen molar-refractivity contribution in [1.82, 2.24) is 10.3 Å². The fraction of sp³-hybridized carbons (Fsp3) is 0.174. The Morgan fingerprint density at radius 1 is 0.966 bits per heavy atom. The van der Waals surface area contributed by atoms with Gasteiger partial charge in [0.2, 0.25) is 0 Å². The van der Waals surface area contributed by atoms with Gasteiger partial charge in [0.15, 0.2) is 0 Å². The van der Waals surface area contributed by atoms with Crippen LogP contribution in [0.3, 0.4) is 0 Å². The van der Waals surface area contributed by atoms with Gasteiger partial charge in [-0.05, 0) is 42.2 Å². The van der Waals surface area contributed by atoms with E-state index in [0.29, 0.717) is 18.5 Å². The Hall–Kier alpha value is -3.51. The first-order valence-electron chi connectivity index (χ1n) is 9.39. The van der Waals surface area contributed by atoms with Crippen molar-refractivity contribution in [1.29, 1.82) is 0 Å². The minimum Gasteiger partial charge on any atom is -0.480 e. The molecule has 0 saturated carbocycles. The molecule has 0 radical (unpaired) electrons. The van der Waals surface area contributed by atoms with Crippen molar-refractivity contribution in [2.75, 3.05) is 6.54 Å². The van der Waals surface area contributed by atoms with Crippen LogP contribution in [0.4, 0.5) is 0 Å². The molecule has 148 valence electrons. The largest absolute Gasteiger partial charge is 0.480 e. The Morgan fingerprint density at radius 3 is 2.28 bits per heavy atom. The number of carbonyl (C=O) groups excluding carboxylic acids is 1. The van der Waals surface area contributed by atoms with Crippen molar-refractivity contribution < 1.29 is 14.7 Å². The van der Waals surface area contributed by atoms with Crippen LogP contribution < -0.4 is 11.1 Å². The van der Waals surface area contributed by atoms with Crippen molar-refractivity contribution in [3.05, 3.63) is 89.6 Å². The molecule has 1 heterocycles. The van der Waals surface area contributed by atoms with Gasteiger partial charge in [0.05, 0.1) is 5.69 Å². The number of hydrogen-bond acceptors (Lipinski definition) is 4. The molecule has 0 fully saturated rings. The molecule has 6 heteroatoms. The molecule has 0 spiro atoms. The Bertz CT molecular complexity index is 955. The third-order valence-corrected chi connectivity index (χ3v) is 4.58. The highest BCUT2D eigenvalue weighted by Gasteiger charge is 2.12. The number of nitrogens with zero attached hydrogens (tertiary/aromatic N) is 1. The monoisotopic (exact) mass is 389 g/mol. The van der Waals surface area contributed by atoms with Crippen LogP contribution in [0.5, 0.6) is 0 Å². The molecule has 1 unspecified atom stereocenters. The lowest BCUT2D eigenvalue weighted by Gasteiger charge is -2.08. The number of aromatic nitrogens is 1. The summed E-state index contributed by atoms with van der Waals surface area (Å²) in [6, 6.07) is 19.8. The number of hydrogen-bond donors (Lipinski definition) is 3. The van der Waals surface area contributed by atoms with Gasteiger partial charge in [0.1, 0.15) is 6.04 Å². The predicted octanol–water partition coefficient (Wildman–Crippen LogP) is 2.68. The van der Waals surface area contributed by atoms with Gasteiger partial charge >= 0.3 is 5.97 Å². The molecular weight excluding hydrogens is 366 g/mol. The molecule has 3 rings (SSSR count). The Balaban J connectivity index is 1.49. The van der Waals surface area contributed by atoms with Crippen LogP contribution in [-0.4, -0.2) is 34.6 Å². The molecule has 1 atom stereocenters. The Morgan fingerprint density at radius 2 is 1.66 bits per heavy atom. The number of nitrogens with two attached hydrogens (primary N) is 1. The zero-order valence-electron chi connectivity index (χ0n) is 15.9. The van der Waals surface area contributed by atoms with Crippen molar-refractivity contribution in [3.63, 3.8) is 0 Å². The molecule has 0 bridgehead atoms. The summed E-state index contributed by atoms with van der Waals surface area (Å²) < 4.78 is 0. The van der Waals surface area contributed by atoms with E-state index in [1.165, 1.54) is 0 Å². The predicted molar refractivity (Wildman–Crippen MR) is 111 cm³/mol. The first kappa shape index (κ1) is 20.2. The first-order chi connectivity index (χ1) is 14.0. The molecule has 0 saturated heterocycles. The second-order valence-corrected chi connectivity index (χ2v) is 6.77. The second kappa shape index (κ2) is 9.61. The third kappa shape index (κ3) is 5.73. The van der Waals surface area contributed by atoms with Crippen LogP contribution in [-0.2, 0) is 17.6 Å². The van der Waals surface area contributed by atoms with Gasteiger partial charge in [-0.2, -0.15) is 0 Å². The van der Waals surface area contributed by atoms with E-state index in [9.17, 15) is 9.59 Å². The smallest absolute Gasteiger partial charge is 0.320 e. The molecular formula is C23H23N3O3. The van der Waals surface area contributed by atoms with Crippen LogP contribution in [0.1, 0.15) is 21.5 Å². The summed E-state index contributed by atoms with van der Waals surface area (Å²) in [6.07, 6.45) is 2.73. The minimum absolute atomic E-state index is 0.173. The fourth-order valence-electron chi connectivity index (χ4n) is 2.91. The summed E-state index contributed by atoms with van der Waals surface area (Å²) in [4.78, 5) is 27.6. The number of nitrogens with one attached hydrogen (secondary N) is 1. The summed E-state index contributed by atoms with van der Waals surface area (Å²) >= 11 is 0. The summed E-state index contributed by atoms with van der Waals surface area (Å²) in [5.74, 6) is -1.22. The lowest BCUT2D eigenvalue weighted by Crippen LogP contribution is -2.32. The number of amides is 1. The maximum atomic E-state index is 12.3. The number of carboxylic acid groups (broad SMARTS) is 1. The number of carboxylic acids is 1. The fourth-order valence-corrected chi connectivity index (χ4v) is 2.91. The molecule has 1 aromatic heterocycles. The van der Waals surface area contributed by atoms with Crippen LogP contribution in [0.2, 0.25) is 0 Å². The maximum Gasteiger partial charge on any atom is 0.320 e. The van der Waals surface area contributed by atoms with Crippen LogP contribution >= 0.6 is 0 Å². The standard InChI is InChI=1S/C23H23N3O3/c24-20(23(28)29)14-16-6-9-19(10-7-16)22(27)25-13-12-17-8-11-21(26-15-17)18-4-2-1-3-5-18/h1-11,15,20H,12-14,24H2,(H,25,27)(H,28,29). The molecule has 6 nitrogen and oxygen atoms in total. The molecule has 0 aliphatic carbocycles. The normalized spacial score (nSPS) is 11.6. The average molecular weight is 389 g/mol. The van der Waals surface area contributed by atoms with E-state index in [1.54, 1.807) is 24.3 Å². The molecule has 29 heavy (non-hydrogen) atoms. The van der Waals surface area contributed by atoms with E-state index in [1.807, 2.05) is 48.7 Å². The van der Waals surface area contributed by atoms with Gasteiger partial charge in [0.25, 0.3) is 5.91 Å². The Labute approximate surface area is 169 Å². The summed E-state index contributed by atoms with van der Waals surface area (Å²) in [5.41, 5.74) is 9.86. The quantitative estimate of drug-likeness (QED) is 0.549. The number of carbonyl (C=O) groups is 2. The SMILES string of the molecule is NC(Cc1ccc(C(=O)NCCc2ccc(-c3ccccc3)nc2)cc1)C(=O)O. The van der Waals surface area contributed by atoms with Crippen molar-refractivity contribution in [3.8, 4) is 11.3 Å². The van der Waals surface area contributed by atoms with Crippen LogP contribution in [0.15, 0.2) is 72.9 Å². The molecule has 1 amide bonds. The molecule has 0 aliphatic rings. The van der Waals surface area contributed by atoms with Gasteiger partial charge in [-0.1, -0.05) is 48.5 Å². The summed E-state index contributed by atoms with van der Waals surface area (Å²) in [7, 11) is 0. The molecule has 2 aromatic carbocycles. The van der Waals surface area contributed by atoms with E-state index in [4.69, 9.17) is 10.8 Å². The number of aliphatic carboxylic acids is 1. The van der Waals surface area contributed by atoms with Gasteiger partial charge in [-0.3, -0.25) is 14.6 Å². The van der Waals surface area contributed by atoms with Crippen LogP contribution in [0, 0.1) is 0 Å². The topological polar surface area (TPSA) is 105 Å². The summed E-state index contributed by atoms with van der Waals surface area (Å²) in [5, 5.41) is 11.7. The lowest BCUT2D eigenvalue weighted by molar-refractivity contribution is -0.138. The van der Waals surface area contributed by atoms with Crippen molar-refractivity contribution in [2.45, 2.75) is 18.9 Å². The number of pyridine rings is 1. The van der Waals surface area contributed by atoms with E-state index in [0.717, 1.165) is 22.4 Å². The van der Waals surface area contributed by atoms with Gasteiger partial charge in [0, 0.05) is 23.9 Å². The zero-order valence-corrected chi connectivity index (χ0v) is 15.9. The van der Waals surface area contributed by atoms with Gasteiger partial charge < -0.3 is 16.2 Å².